The molecule has 0 spiro atoms. The second-order valence-corrected chi connectivity index (χ2v) is 6.71. The number of nitrogens with two attached hydrogens (primary N) is 1. The Morgan fingerprint density at radius 3 is 2.65 bits per heavy atom. The molecule has 1 aromatic carbocycles. The van der Waals surface area contributed by atoms with Crippen LogP contribution in [-0.2, 0) is 14.8 Å². The lowest BCUT2D eigenvalue weighted by molar-refractivity contribution is 0.00299. The van der Waals surface area contributed by atoms with Crippen LogP contribution in [0.15, 0.2) is 23.1 Å². The summed E-state index contributed by atoms with van der Waals surface area (Å²) in [6, 6.07) is 5.26. The second kappa shape index (κ2) is 5.99. The minimum atomic E-state index is -3.50. The molecule has 1 aliphatic rings. The van der Waals surface area contributed by atoms with E-state index in [0.29, 0.717) is 12.1 Å². The van der Waals surface area contributed by atoms with Crippen molar-refractivity contribution >= 4 is 21.4 Å². The highest BCUT2D eigenvalue weighted by molar-refractivity contribution is 7.89. The Bertz CT molecular complexity index is 568. The van der Waals surface area contributed by atoms with Crippen LogP contribution in [0.25, 0.3) is 0 Å². The molecule has 1 fully saturated rings. The van der Waals surface area contributed by atoms with Crippen molar-refractivity contribution in [3.05, 3.63) is 18.2 Å². The third-order valence-electron chi connectivity index (χ3n) is 3.44. The van der Waals surface area contributed by atoms with Gasteiger partial charge in [0.15, 0.2) is 0 Å². The van der Waals surface area contributed by atoms with Crippen LogP contribution in [0.5, 0.6) is 0 Å². The first-order valence-corrected chi connectivity index (χ1v) is 8.15. The number of ether oxygens (including phenoxy) is 1. The van der Waals surface area contributed by atoms with E-state index in [4.69, 9.17) is 10.5 Å². The molecule has 0 bridgehead atoms. The van der Waals surface area contributed by atoms with Crippen molar-refractivity contribution in [1.82, 2.24) is 4.72 Å². The van der Waals surface area contributed by atoms with Crippen molar-refractivity contribution in [1.29, 1.82) is 0 Å². The van der Waals surface area contributed by atoms with Gasteiger partial charge in [0, 0.05) is 18.3 Å². The number of sulfonamides is 1. The largest absolute Gasteiger partial charge is 0.398 e. The molecule has 0 saturated heterocycles. The summed E-state index contributed by atoms with van der Waals surface area (Å²) in [5.41, 5.74) is 6.88. The predicted octanol–water partition coefficient (Wildman–Crippen LogP) is 1.16. The van der Waals surface area contributed by atoms with E-state index in [1.165, 1.54) is 13.1 Å². The first-order chi connectivity index (χ1) is 9.46. The highest BCUT2D eigenvalue weighted by Gasteiger charge is 2.29. The third-order valence-corrected chi connectivity index (χ3v) is 4.92. The number of hydrogen-bond donors (Lipinski definition) is 3. The SMILES string of the molecule is CCOC1CC(Nc2ccc(S(=O)(=O)NC)c(N)c2)C1. The Labute approximate surface area is 119 Å². The molecule has 0 aromatic heterocycles. The van der Waals surface area contributed by atoms with E-state index < -0.39 is 10.0 Å². The summed E-state index contributed by atoms with van der Waals surface area (Å²) in [7, 11) is -2.14. The fraction of sp³-hybridized carbons (Fsp3) is 0.538. The van der Waals surface area contributed by atoms with Crippen molar-refractivity contribution in [2.45, 2.75) is 36.8 Å². The van der Waals surface area contributed by atoms with Gasteiger partial charge < -0.3 is 15.8 Å². The summed E-state index contributed by atoms with van der Waals surface area (Å²) >= 11 is 0. The minimum absolute atomic E-state index is 0.103. The van der Waals surface area contributed by atoms with Crippen LogP contribution in [0.4, 0.5) is 11.4 Å². The quantitative estimate of drug-likeness (QED) is 0.685. The standard InChI is InChI=1S/C13H21N3O3S/c1-3-19-11-6-10(7-11)16-9-4-5-13(12(14)8-9)20(17,18)15-2/h4-5,8,10-11,15-16H,3,6-7,14H2,1-2H3. The maximum Gasteiger partial charge on any atom is 0.242 e. The molecule has 1 aromatic rings. The highest BCUT2D eigenvalue weighted by atomic mass is 32.2. The minimum Gasteiger partial charge on any atom is -0.398 e. The average molecular weight is 299 g/mol. The lowest BCUT2D eigenvalue weighted by Gasteiger charge is -2.36. The fourth-order valence-corrected chi connectivity index (χ4v) is 3.12. The van der Waals surface area contributed by atoms with E-state index in [-0.39, 0.29) is 10.6 Å². The number of nitrogens with one attached hydrogen (secondary N) is 2. The zero-order valence-corrected chi connectivity index (χ0v) is 12.5. The maximum atomic E-state index is 11.7. The van der Waals surface area contributed by atoms with E-state index in [9.17, 15) is 8.42 Å². The lowest BCUT2D eigenvalue weighted by atomic mass is 9.89. The molecule has 6 nitrogen and oxygen atoms in total. The molecule has 0 atom stereocenters. The van der Waals surface area contributed by atoms with Gasteiger partial charge in [0.2, 0.25) is 10.0 Å². The Morgan fingerprint density at radius 2 is 2.10 bits per heavy atom. The molecule has 0 radical (unpaired) electrons. The smallest absolute Gasteiger partial charge is 0.242 e. The molecule has 0 amide bonds. The van der Waals surface area contributed by atoms with Crippen LogP contribution in [-0.4, -0.2) is 34.2 Å². The van der Waals surface area contributed by atoms with E-state index in [1.54, 1.807) is 12.1 Å². The monoisotopic (exact) mass is 299 g/mol. The second-order valence-electron chi connectivity index (χ2n) is 4.85. The van der Waals surface area contributed by atoms with Gasteiger partial charge in [0.25, 0.3) is 0 Å². The van der Waals surface area contributed by atoms with Crippen LogP contribution in [0, 0.1) is 0 Å². The normalized spacial score (nSPS) is 22.3. The van der Waals surface area contributed by atoms with Gasteiger partial charge in [-0.05, 0) is 45.0 Å². The predicted molar refractivity (Wildman–Crippen MR) is 79.2 cm³/mol. The van der Waals surface area contributed by atoms with Crippen molar-refractivity contribution in [3.63, 3.8) is 0 Å². The molecule has 4 N–H and O–H groups in total. The fourth-order valence-electron chi connectivity index (χ4n) is 2.28. The van der Waals surface area contributed by atoms with Gasteiger partial charge in [-0.3, -0.25) is 0 Å². The summed E-state index contributed by atoms with van der Waals surface area (Å²) in [5.74, 6) is 0. The van der Waals surface area contributed by atoms with Crippen molar-refractivity contribution in [2.24, 2.45) is 0 Å². The van der Waals surface area contributed by atoms with E-state index >= 15 is 0 Å². The Morgan fingerprint density at radius 1 is 1.40 bits per heavy atom. The first-order valence-electron chi connectivity index (χ1n) is 6.67. The van der Waals surface area contributed by atoms with Crippen LogP contribution < -0.4 is 15.8 Å². The molecule has 7 heteroatoms. The van der Waals surface area contributed by atoms with Crippen LogP contribution >= 0.6 is 0 Å². The van der Waals surface area contributed by atoms with E-state index in [2.05, 4.69) is 10.0 Å². The Hall–Kier alpha value is -1.31. The van der Waals surface area contributed by atoms with Gasteiger partial charge in [-0.1, -0.05) is 0 Å². The zero-order chi connectivity index (χ0) is 14.8. The maximum absolute atomic E-state index is 11.7. The number of benzene rings is 1. The summed E-state index contributed by atoms with van der Waals surface area (Å²) in [6.07, 6.45) is 2.26. The third kappa shape index (κ3) is 3.23. The molecule has 0 aliphatic heterocycles. The Balaban J connectivity index is 2.00. The number of anilines is 2. The van der Waals surface area contributed by atoms with E-state index in [0.717, 1.165) is 25.1 Å². The van der Waals surface area contributed by atoms with Crippen LogP contribution in [0.3, 0.4) is 0 Å². The summed E-state index contributed by atoms with van der Waals surface area (Å²) in [6.45, 7) is 2.73. The molecule has 0 unspecified atom stereocenters. The number of hydrogen-bond acceptors (Lipinski definition) is 5. The topological polar surface area (TPSA) is 93.4 Å². The summed E-state index contributed by atoms with van der Waals surface area (Å²) in [5, 5.41) is 3.33. The molecule has 1 aliphatic carbocycles. The van der Waals surface area contributed by atoms with Gasteiger partial charge in [-0.2, -0.15) is 0 Å². The lowest BCUT2D eigenvalue weighted by Crippen LogP contribution is -2.40. The van der Waals surface area contributed by atoms with Gasteiger partial charge in [-0.15, -0.1) is 0 Å². The molecule has 0 heterocycles. The first kappa shape index (κ1) is 15.1. The van der Waals surface area contributed by atoms with E-state index in [1.807, 2.05) is 6.92 Å². The molecule has 2 rings (SSSR count). The summed E-state index contributed by atoms with van der Waals surface area (Å²) < 4.78 is 31.2. The molecular formula is C13H21N3O3S. The van der Waals surface area contributed by atoms with Gasteiger partial charge >= 0.3 is 0 Å². The van der Waals surface area contributed by atoms with Crippen LogP contribution in [0.1, 0.15) is 19.8 Å². The number of nitrogen functional groups attached to an aromatic ring is 1. The molecule has 20 heavy (non-hydrogen) atoms. The molecule has 1 saturated carbocycles. The molecular weight excluding hydrogens is 278 g/mol. The number of rotatable bonds is 6. The Kier molecular flexibility index (Phi) is 4.52. The molecule has 112 valence electrons. The van der Waals surface area contributed by atoms with Gasteiger partial charge in [0.1, 0.15) is 4.90 Å². The van der Waals surface area contributed by atoms with Gasteiger partial charge in [-0.25, -0.2) is 13.1 Å². The summed E-state index contributed by atoms with van der Waals surface area (Å²) in [4.78, 5) is 0.103. The zero-order valence-electron chi connectivity index (χ0n) is 11.7. The highest BCUT2D eigenvalue weighted by Crippen LogP contribution is 2.29. The van der Waals surface area contributed by atoms with Gasteiger partial charge in [0.05, 0.1) is 11.8 Å². The van der Waals surface area contributed by atoms with Crippen molar-refractivity contribution in [2.75, 3.05) is 24.7 Å². The average Bonchev–Trinajstić information content (AvgIpc) is 2.36. The van der Waals surface area contributed by atoms with Crippen molar-refractivity contribution < 1.29 is 13.2 Å². The van der Waals surface area contributed by atoms with Crippen molar-refractivity contribution in [3.8, 4) is 0 Å². The van der Waals surface area contributed by atoms with Crippen LogP contribution in [0.2, 0.25) is 0 Å².